The Morgan fingerprint density at radius 1 is 0.951 bits per heavy atom. The maximum Gasteiger partial charge on any atom is 0.264 e. The average molecular weight is 621 g/mol. The van der Waals surface area contributed by atoms with Crippen LogP contribution in [0.1, 0.15) is 39.7 Å². The molecule has 0 aliphatic heterocycles. The third-order valence-electron chi connectivity index (χ3n) is 6.22. The maximum atomic E-state index is 14.1. The van der Waals surface area contributed by atoms with Gasteiger partial charge >= 0.3 is 0 Å². The van der Waals surface area contributed by atoms with Crippen molar-refractivity contribution in [3.63, 3.8) is 0 Å². The van der Waals surface area contributed by atoms with Crippen LogP contribution in [-0.2, 0) is 26.2 Å². The maximum absolute atomic E-state index is 14.1. The highest BCUT2D eigenvalue weighted by atomic mass is 35.5. The highest BCUT2D eigenvalue weighted by Crippen LogP contribution is 2.28. The molecule has 0 aliphatic carbocycles. The Hall–Kier alpha value is -3.27. The zero-order chi connectivity index (χ0) is 30.4. The molecule has 0 aromatic heterocycles. The summed E-state index contributed by atoms with van der Waals surface area (Å²) in [6.07, 6.45) is 0.296. The van der Waals surface area contributed by atoms with Crippen molar-refractivity contribution in [2.45, 2.75) is 57.1 Å². The number of amides is 2. The fraction of sp³-hybridized carbons (Fsp3) is 0.333. The standard InChI is InChI=1S/C30H35Cl2N3O5S/c1-6-27(29(37)33-30(2,3)4)34(19-21-9-7-8-10-26(21)32)28(36)20-35(23-13-11-22(31)12-14-23)41(38,39)25-17-15-24(40-5)16-18-25/h7-18,27H,6,19-20H2,1-5H3,(H,33,37). The van der Waals surface area contributed by atoms with E-state index in [4.69, 9.17) is 27.9 Å². The smallest absolute Gasteiger partial charge is 0.264 e. The molecule has 3 rings (SSSR count). The first-order chi connectivity index (χ1) is 19.3. The summed E-state index contributed by atoms with van der Waals surface area (Å²) < 4.78 is 34.0. The lowest BCUT2D eigenvalue weighted by molar-refractivity contribution is -0.141. The molecule has 3 aromatic carbocycles. The fourth-order valence-electron chi connectivity index (χ4n) is 4.19. The van der Waals surface area contributed by atoms with Crippen molar-refractivity contribution in [1.82, 2.24) is 10.2 Å². The zero-order valence-corrected chi connectivity index (χ0v) is 26.1. The lowest BCUT2D eigenvalue weighted by Crippen LogP contribution is -2.55. The Labute approximate surface area is 252 Å². The van der Waals surface area contributed by atoms with Crippen LogP contribution in [0.3, 0.4) is 0 Å². The summed E-state index contributed by atoms with van der Waals surface area (Å²) in [5.41, 5.74) is 0.320. The molecule has 0 bridgehead atoms. The van der Waals surface area contributed by atoms with Crippen LogP contribution in [-0.4, -0.2) is 50.4 Å². The SMILES string of the molecule is CCC(C(=O)NC(C)(C)C)N(Cc1ccccc1Cl)C(=O)CN(c1ccc(Cl)cc1)S(=O)(=O)c1ccc(OC)cc1. The molecule has 0 fully saturated rings. The van der Waals surface area contributed by atoms with Crippen LogP contribution >= 0.6 is 23.2 Å². The second-order valence-corrected chi connectivity index (χ2v) is 13.1. The predicted molar refractivity (Wildman–Crippen MR) is 163 cm³/mol. The van der Waals surface area contributed by atoms with Gasteiger partial charge < -0.3 is 15.0 Å². The van der Waals surface area contributed by atoms with Gasteiger partial charge in [-0.2, -0.15) is 0 Å². The van der Waals surface area contributed by atoms with E-state index in [0.29, 0.717) is 27.8 Å². The van der Waals surface area contributed by atoms with Gasteiger partial charge in [0.1, 0.15) is 18.3 Å². The van der Waals surface area contributed by atoms with Crippen molar-refractivity contribution in [2.24, 2.45) is 0 Å². The number of carbonyl (C=O) groups excluding carboxylic acids is 2. The average Bonchev–Trinajstić information content (AvgIpc) is 2.92. The second kappa shape index (κ2) is 13.6. The number of sulfonamides is 1. The zero-order valence-electron chi connectivity index (χ0n) is 23.7. The van der Waals surface area contributed by atoms with Gasteiger partial charge in [-0.05, 0) is 87.4 Å². The van der Waals surface area contributed by atoms with Gasteiger partial charge in [-0.15, -0.1) is 0 Å². The minimum atomic E-state index is -4.22. The molecule has 3 aromatic rings. The number of halogens is 2. The van der Waals surface area contributed by atoms with Crippen LogP contribution in [0.2, 0.25) is 10.0 Å². The number of benzene rings is 3. The summed E-state index contributed by atoms with van der Waals surface area (Å²) in [7, 11) is -2.74. The highest BCUT2D eigenvalue weighted by Gasteiger charge is 2.35. The van der Waals surface area contributed by atoms with Crippen LogP contribution in [0, 0.1) is 0 Å². The first kappa shape index (κ1) is 32.2. The first-order valence-corrected chi connectivity index (χ1v) is 15.2. The van der Waals surface area contributed by atoms with Gasteiger partial charge in [0.15, 0.2) is 0 Å². The van der Waals surface area contributed by atoms with Crippen LogP contribution in [0.15, 0.2) is 77.7 Å². The molecule has 1 N–H and O–H groups in total. The van der Waals surface area contributed by atoms with Crippen LogP contribution < -0.4 is 14.4 Å². The van der Waals surface area contributed by atoms with Crippen LogP contribution in [0.5, 0.6) is 5.75 Å². The topological polar surface area (TPSA) is 96.0 Å². The Morgan fingerprint density at radius 3 is 2.10 bits per heavy atom. The molecule has 0 saturated carbocycles. The molecule has 0 radical (unpaired) electrons. The van der Waals surface area contributed by atoms with E-state index < -0.39 is 34.1 Å². The molecule has 0 heterocycles. The number of nitrogens with one attached hydrogen (secondary N) is 1. The molecule has 0 spiro atoms. The minimum Gasteiger partial charge on any atom is -0.497 e. The molecule has 8 nitrogen and oxygen atoms in total. The van der Waals surface area contributed by atoms with Crippen molar-refractivity contribution >= 4 is 50.7 Å². The van der Waals surface area contributed by atoms with Crippen LogP contribution in [0.4, 0.5) is 5.69 Å². The Morgan fingerprint density at radius 2 is 1.56 bits per heavy atom. The Balaban J connectivity index is 2.08. The largest absolute Gasteiger partial charge is 0.497 e. The molecule has 11 heteroatoms. The van der Waals surface area contributed by atoms with Gasteiger partial charge in [-0.3, -0.25) is 13.9 Å². The van der Waals surface area contributed by atoms with Crippen molar-refractivity contribution < 1.29 is 22.7 Å². The summed E-state index contributed by atoms with van der Waals surface area (Å²) in [5.74, 6) is -0.441. The van der Waals surface area contributed by atoms with Crippen molar-refractivity contribution in [3.05, 3.63) is 88.4 Å². The van der Waals surface area contributed by atoms with Gasteiger partial charge in [-0.25, -0.2) is 8.42 Å². The van der Waals surface area contributed by atoms with E-state index in [1.54, 1.807) is 43.3 Å². The van der Waals surface area contributed by atoms with Crippen LogP contribution in [0.25, 0.3) is 0 Å². The van der Waals surface area contributed by atoms with E-state index in [1.165, 1.54) is 48.4 Å². The van der Waals surface area contributed by atoms with Crippen molar-refractivity contribution in [1.29, 1.82) is 0 Å². The Kier molecular flexibility index (Phi) is 10.7. The number of hydrogen-bond acceptors (Lipinski definition) is 5. The summed E-state index contributed by atoms with van der Waals surface area (Å²) in [6.45, 7) is 6.78. The number of anilines is 1. The fourth-order valence-corrected chi connectivity index (χ4v) is 5.93. The van der Waals surface area contributed by atoms with E-state index in [2.05, 4.69) is 5.32 Å². The van der Waals surface area contributed by atoms with Gasteiger partial charge in [0.25, 0.3) is 10.0 Å². The predicted octanol–water partition coefficient (Wildman–Crippen LogP) is 5.92. The van der Waals surface area contributed by atoms with E-state index >= 15 is 0 Å². The number of rotatable bonds is 11. The van der Waals surface area contributed by atoms with Gasteiger partial charge in [-0.1, -0.05) is 48.3 Å². The molecular formula is C30H35Cl2N3O5S. The molecule has 41 heavy (non-hydrogen) atoms. The second-order valence-electron chi connectivity index (χ2n) is 10.4. The Bertz CT molecular complexity index is 1460. The normalized spacial score (nSPS) is 12.4. The number of carbonyl (C=O) groups is 2. The molecule has 1 atom stereocenters. The lowest BCUT2D eigenvalue weighted by atomic mass is 10.1. The van der Waals surface area contributed by atoms with Crippen molar-refractivity contribution in [2.75, 3.05) is 18.0 Å². The van der Waals surface area contributed by atoms with E-state index in [9.17, 15) is 18.0 Å². The molecule has 0 saturated heterocycles. The minimum absolute atomic E-state index is 0.00557. The van der Waals surface area contributed by atoms with E-state index in [0.717, 1.165) is 4.31 Å². The molecule has 2 amide bonds. The highest BCUT2D eigenvalue weighted by molar-refractivity contribution is 7.92. The number of ether oxygens (including phenoxy) is 1. The molecular weight excluding hydrogens is 585 g/mol. The van der Waals surface area contributed by atoms with Gasteiger partial charge in [0.2, 0.25) is 11.8 Å². The molecule has 1 unspecified atom stereocenters. The van der Waals surface area contributed by atoms with Crippen molar-refractivity contribution in [3.8, 4) is 5.75 Å². The summed E-state index contributed by atoms with van der Waals surface area (Å²) >= 11 is 12.5. The molecule has 0 aliphatic rings. The number of nitrogens with zero attached hydrogens (tertiary/aromatic N) is 2. The first-order valence-electron chi connectivity index (χ1n) is 13.0. The lowest BCUT2D eigenvalue weighted by Gasteiger charge is -2.35. The van der Waals surface area contributed by atoms with E-state index in [1.807, 2.05) is 20.8 Å². The summed E-state index contributed by atoms with van der Waals surface area (Å²) in [4.78, 5) is 28.8. The number of methoxy groups -OCH3 is 1. The summed E-state index contributed by atoms with van der Waals surface area (Å²) in [6, 6.07) is 18.2. The number of hydrogen-bond donors (Lipinski definition) is 1. The summed E-state index contributed by atoms with van der Waals surface area (Å²) in [5, 5.41) is 3.78. The monoisotopic (exact) mass is 619 g/mol. The van der Waals surface area contributed by atoms with Gasteiger partial charge in [0.05, 0.1) is 17.7 Å². The third-order valence-corrected chi connectivity index (χ3v) is 8.63. The third kappa shape index (κ3) is 8.38. The van der Waals surface area contributed by atoms with E-state index in [-0.39, 0.29) is 23.0 Å². The quantitative estimate of drug-likeness (QED) is 0.287. The van der Waals surface area contributed by atoms with Gasteiger partial charge in [0, 0.05) is 22.1 Å². The molecule has 220 valence electrons.